The molecule has 0 saturated carbocycles. The van der Waals surface area contributed by atoms with E-state index in [-0.39, 0.29) is 36.0 Å². The second-order valence-corrected chi connectivity index (χ2v) is 15.2. The van der Waals surface area contributed by atoms with Crippen LogP contribution in [0.3, 0.4) is 0 Å². The Labute approximate surface area is 315 Å². The van der Waals surface area contributed by atoms with Crippen molar-refractivity contribution in [2.75, 3.05) is 27.3 Å². The van der Waals surface area contributed by atoms with Crippen LogP contribution in [0.25, 0.3) is 33.4 Å². The fourth-order valence-electron chi connectivity index (χ4n) is 8.67. The van der Waals surface area contributed by atoms with Gasteiger partial charge in [0.15, 0.2) is 0 Å². The topological polar surface area (TPSA) is 101 Å². The number of hydrogen-bond acceptors (Lipinski definition) is 6. The van der Waals surface area contributed by atoms with Crippen molar-refractivity contribution in [3.05, 3.63) is 93.0 Å². The van der Waals surface area contributed by atoms with Gasteiger partial charge in [-0.3, -0.25) is 9.59 Å². The lowest BCUT2D eigenvalue weighted by molar-refractivity contribution is -0.120. The minimum atomic E-state index is 0.132. The number of fused-ring (bicyclic) bond motifs is 2. The number of rotatable bonds is 11. The molecule has 4 atom stereocenters. The van der Waals surface area contributed by atoms with Gasteiger partial charge in [0.05, 0.1) is 24.3 Å². The summed E-state index contributed by atoms with van der Waals surface area (Å²) >= 11 is 14.6. The van der Waals surface area contributed by atoms with E-state index in [9.17, 15) is 9.59 Å². The van der Waals surface area contributed by atoms with Crippen LogP contribution in [0.2, 0.25) is 10.0 Å². The number of hydrogen-bond donors (Lipinski definition) is 4. The highest BCUT2D eigenvalue weighted by Crippen LogP contribution is 2.47. The quantitative estimate of drug-likeness (QED) is 0.126. The first-order valence-electron chi connectivity index (χ1n) is 18.4. The lowest BCUT2D eigenvalue weighted by Gasteiger charge is -2.21. The highest BCUT2D eigenvalue weighted by atomic mass is 35.5. The molecule has 8 nitrogen and oxygen atoms in total. The van der Waals surface area contributed by atoms with Crippen molar-refractivity contribution < 1.29 is 19.1 Å². The summed E-state index contributed by atoms with van der Waals surface area (Å²) in [4.78, 5) is 23.4. The fourth-order valence-corrected chi connectivity index (χ4v) is 9.35. The second kappa shape index (κ2) is 14.7. The van der Waals surface area contributed by atoms with Crippen LogP contribution in [0.4, 0.5) is 0 Å². The van der Waals surface area contributed by atoms with Crippen LogP contribution >= 0.6 is 23.2 Å². The molecule has 8 rings (SSSR count). The van der Waals surface area contributed by atoms with Gasteiger partial charge in [-0.25, -0.2) is 0 Å². The van der Waals surface area contributed by atoms with Crippen LogP contribution in [-0.4, -0.2) is 51.2 Å². The van der Waals surface area contributed by atoms with E-state index >= 15 is 0 Å². The SMILES string of the molecule is COc1cc(-c2cccc(-c3cccc(-c4cc5c(c(OC)c4)C(NC[C@H]4CCC(=O)N4)CC5)c3Cl)c2Cl)cc2c1C(NC[C@H]1CCC(=O)N1)CC2. The molecule has 2 heterocycles. The second-order valence-electron chi connectivity index (χ2n) is 14.4. The molecule has 2 amide bonds. The van der Waals surface area contributed by atoms with E-state index in [0.717, 1.165) is 96.5 Å². The van der Waals surface area contributed by atoms with E-state index in [0.29, 0.717) is 22.9 Å². The van der Waals surface area contributed by atoms with Gasteiger partial charge in [0.2, 0.25) is 11.8 Å². The van der Waals surface area contributed by atoms with Gasteiger partial charge in [-0.15, -0.1) is 0 Å². The summed E-state index contributed by atoms with van der Waals surface area (Å²) in [5.41, 5.74) is 10.4. The van der Waals surface area contributed by atoms with E-state index in [1.165, 1.54) is 22.3 Å². The minimum Gasteiger partial charge on any atom is -0.496 e. The molecule has 0 spiro atoms. The molecule has 2 saturated heterocycles. The summed E-state index contributed by atoms with van der Waals surface area (Å²) < 4.78 is 11.9. The average molecular weight is 740 g/mol. The Morgan fingerprint density at radius 3 is 1.42 bits per heavy atom. The lowest BCUT2D eigenvalue weighted by Crippen LogP contribution is -2.36. The highest BCUT2D eigenvalue weighted by Gasteiger charge is 2.31. The number of carbonyl (C=O) groups is 2. The summed E-state index contributed by atoms with van der Waals surface area (Å²) in [5.74, 6) is 1.94. The predicted octanol–water partition coefficient (Wildman–Crippen LogP) is 7.72. The van der Waals surface area contributed by atoms with Crippen LogP contribution < -0.4 is 30.7 Å². The van der Waals surface area contributed by atoms with Crippen LogP contribution in [-0.2, 0) is 22.4 Å². The zero-order valence-electron chi connectivity index (χ0n) is 29.5. The number of benzene rings is 4. The summed E-state index contributed by atoms with van der Waals surface area (Å²) in [5, 5.41) is 14.7. The molecule has 4 aromatic rings. The van der Waals surface area contributed by atoms with Gasteiger partial charge in [0.1, 0.15) is 11.5 Å². The maximum Gasteiger partial charge on any atom is 0.220 e. The Hall–Kier alpha value is -4.08. The van der Waals surface area contributed by atoms with Crippen molar-refractivity contribution in [3.8, 4) is 44.9 Å². The van der Waals surface area contributed by atoms with E-state index in [1.807, 2.05) is 24.3 Å². The third-order valence-corrected chi connectivity index (χ3v) is 12.1. The number of ether oxygens (including phenoxy) is 2. The Kier molecular flexibility index (Phi) is 9.92. The number of nitrogens with one attached hydrogen (secondary N) is 4. The van der Waals surface area contributed by atoms with Crippen molar-refractivity contribution >= 4 is 35.0 Å². The molecular weight excluding hydrogens is 695 g/mol. The molecule has 10 heteroatoms. The van der Waals surface area contributed by atoms with Crippen molar-refractivity contribution in [3.63, 3.8) is 0 Å². The molecule has 4 aromatic carbocycles. The largest absolute Gasteiger partial charge is 0.496 e. The third-order valence-electron chi connectivity index (χ3n) is 11.3. The van der Waals surface area contributed by atoms with Gasteiger partial charge in [-0.05, 0) is 72.9 Å². The van der Waals surface area contributed by atoms with Gasteiger partial charge in [0.25, 0.3) is 0 Å². The van der Waals surface area contributed by atoms with Crippen LogP contribution in [0.15, 0.2) is 60.7 Å². The first-order chi connectivity index (χ1) is 25.3. The summed E-state index contributed by atoms with van der Waals surface area (Å²) in [7, 11) is 3.44. The van der Waals surface area contributed by atoms with Crippen molar-refractivity contribution in [1.29, 1.82) is 0 Å². The third kappa shape index (κ3) is 6.66. The van der Waals surface area contributed by atoms with Crippen LogP contribution in [0.1, 0.15) is 72.9 Å². The fraction of sp³-hybridized carbons (Fsp3) is 0.381. The normalized spacial score (nSPS) is 21.9. The number of methoxy groups -OCH3 is 2. The molecule has 2 aliphatic carbocycles. The lowest BCUT2D eigenvalue weighted by atomic mass is 9.93. The number of halogens is 2. The Balaban J connectivity index is 1.07. The molecule has 4 N–H and O–H groups in total. The van der Waals surface area contributed by atoms with Gasteiger partial charge in [0, 0.05) is 83.5 Å². The molecule has 2 aliphatic heterocycles. The molecule has 52 heavy (non-hydrogen) atoms. The Morgan fingerprint density at radius 1 is 0.615 bits per heavy atom. The standard InChI is InChI=1S/C42H44Cl2N4O4/c1-51-35-19-25(17-23-9-13-33(39(23)35)45-21-27-11-15-37(49)47-27)29-5-3-7-31(41(29)43)32-8-4-6-30(42(32)44)26-18-24-10-14-34(40(24)36(20-26)52-2)46-22-28-12-16-38(50)48-28/h3-8,17-20,27-28,33-34,45-46H,9-16,21-22H2,1-2H3,(H,47,49)(H,48,50)/t27-,28-,33?,34?/m1/s1. The van der Waals surface area contributed by atoms with Crippen molar-refractivity contribution in [2.24, 2.45) is 0 Å². The maximum atomic E-state index is 11.7. The zero-order chi connectivity index (χ0) is 35.9. The smallest absolute Gasteiger partial charge is 0.220 e. The van der Waals surface area contributed by atoms with E-state index in [4.69, 9.17) is 32.7 Å². The summed E-state index contributed by atoms with van der Waals surface area (Å²) in [6.07, 6.45) is 6.73. The Bertz CT molecular complexity index is 1910. The van der Waals surface area contributed by atoms with Crippen molar-refractivity contribution in [1.82, 2.24) is 21.3 Å². The Morgan fingerprint density at radius 2 is 1.04 bits per heavy atom. The van der Waals surface area contributed by atoms with Crippen LogP contribution in [0, 0.1) is 0 Å². The molecule has 0 bridgehead atoms. The molecule has 2 fully saturated rings. The molecular formula is C42H44Cl2N4O4. The highest BCUT2D eigenvalue weighted by molar-refractivity contribution is 6.39. The van der Waals surface area contributed by atoms with Gasteiger partial charge >= 0.3 is 0 Å². The molecule has 2 unspecified atom stereocenters. The van der Waals surface area contributed by atoms with E-state index in [1.54, 1.807) is 14.2 Å². The number of carbonyl (C=O) groups excluding carboxylic acids is 2. The number of aryl methyl sites for hydroxylation is 2. The maximum absolute atomic E-state index is 11.7. The summed E-state index contributed by atoms with van der Waals surface area (Å²) in [6.45, 7) is 1.49. The molecule has 270 valence electrons. The van der Waals surface area contributed by atoms with Gasteiger partial charge < -0.3 is 30.7 Å². The number of amides is 2. The monoisotopic (exact) mass is 738 g/mol. The first kappa shape index (κ1) is 35.0. The first-order valence-corrected chi connectivity index (χ1v) is 19.1. The summed E-state index contributed by atoms with van der Waals surface area (Å²) in [6, 6.07) is 21.5. The minimum absolute atomic E-state index is 0.132. The molecule has 0 radical (unpaired) electrons. The van der Waals surface area contributed by atoms with Gasteiger partial charge in [-0.1, -0.05) is 71.7 Å². The predicted molar refractivity (Wildman–Crippen MR) is 206 cm³/mol. The van der Waals surface area contributed by atoms with E-state index in [2.05, 4.69) is 57.7 Å². The molecule has 0 aromatic heterocycles. The van der Waals surface area contributed by atoms with Gasteiger partial charge in [-0.2, -0.15) is 0 Å². The van der Waals surface area contributed by atoms with Crippen molar-refractivity contribution in [2.45, 2.75) is 75.5 Å². The average Bonchev–Trinajstić information content (AvgIpc) is 3.96. The molecule has 4 aliphatic rings. The van der Waals surface area contributed by atoms with Crippen LogP contribution in [0.5, 0.6) is 11.5 Å². The van der Waals surface area contributed by atoms with E-state index < -0.39 is 0 Å². The zero-order valence-corrected chi connectivity index (χ0v) is 31.1.